The fraction of sp³-hybridized carbons (Fsp3) is 0.0800. The Morgan fingerprint density at radius 1 is 0.906 bits per heavy atom. The third kappa shape index (κ3) is 5.25. The predicted octanol–water partition coefficient (Wildman–Crippen LogP) is 6.45. The molecule has 0 aliphatic carbocycles. The first-order valence-electron chi connectivity index (χ1n) is 9.89. The molecule has 5 nitrogen and oxygen atoms in total. The van der Waals surface area contributed by atoms with Crippen LogP contribution in [0.1, 0.15) is 28.2 Å². The lowest BCUT2D eigenvalue weighted by molar-refractivity contribution is -0.116. The van der Waals surface area contributed by atoms with Crippen molar-refractivity contribution in [3.05, 3.63) is 106 Å². The Balaban J connectivity index is 1.43. The van der Waals surface area contributed by atoms with Gasteiger partial charge in [-0.15, -0.1) is 0 Å². The van der Waals surface area contributed by atoms with Crippen LogP contribution in [0, 0.1) is 0 Å². The molecule has 0 atom stereocenters. The van der Waals surface area contributed by atoms with Gasteiger partial charge < -0.3 is 9.73 Å². The van der Waals surface area contributed by atoms with Crippen LogP contribution in [0.25, 0.3) is 11.3 Å². The zero-order valence-electron chi connectivity index (χ0n) is 16.8. The molecule has 0 unspecified atom stereocenters. The molecule has 0 aliphatic heterocycles. The third-order valence-electron chi connectivity index (χ3n) is 4.78. The minimum atomic E-state index is -0.263. The van der Waals surface area contributed by atoms with Crippen LogP contribution in [0.4, 0.5) is 5.69 Å². The van der Waals surface area contributed by atoms with Gasteiger partial charge in [-0.25, -0.2) is 4.98 Å². The normalized spacial score (nSPS) is 10.7. The Morgan fingerprint density at radius 3 is 2.38 bits per heavy atom. The van der Waals surface area contributed by atoms with Crippen molar-refractivity contribution >= 4 is 40.6 Å². The van der Waals surface area contributed by atoms with Gasteiger partial charge in [0.15, 0.2) is 17.4 Å². The summed E-state index contributed by atoms with van der Waals surface area (Å²) in [6.07, 6.45) is 2.07. The van der Waals surface area contributed by atoms with E-state index in [-0.39, 0.29) is 18.1 Å². The number of rotatable bonds is 7. The van der Waals surface area contributed by atoms with Gasteiger partial charge in [0.2, 0.25) is 5.91 Å². The number of oxazole rings is 1. The summed E-state index contributed by atoms with van der Waals surface area (Å²) in [6, 6.07) is 20.9. The zero-order chi connectivity index (χ0) is 22.5. The van der Waals surface area contributed by atoms with E-state index in [2.05, 4.69) is 10.3 Å². The molecule has 0 fully saturated rings. The Labute approximate surface area is 195 Å². The summed E-state index contributed by atoms with van der Waals surface area (Å²) in [4.78, 5) is 29.7. The van der Waals surface area contributed by atoms with Crippen LogP contribution < -0.4 is 5.32 Å². The number of halogens is 2. The summed E-state index contributed by atoms with van der Waals surface area (Å²) in [6.45, 7) is 0. The molecule has 3 aromatic carbocycles. The average molecular weight is 465 g/mol. The minimum Gasteiger partial charge on any atom is -0.441 e. The molecule has 0 spiro atoms. The van der Waals surface area contributed by atoms with Crippen molar-refractivity contribution in [2.45, 2.75) is 12.8 Å². The van der Waals surface area contributed by atoms with E-state index in [4.69, 9.17) is 27.6 Å². The summed E-state index contributed by atoms with van der Waals surface area (Å²) in [7, 11) is 0. The fourth-order valence-electron chi connectivity index (χ4n) is 3.16. The molecular formula is C25H18Cl2N2O3. The number of hydrogen-bond donors (Lipinski definition) is 1. The first kappa shape index (κ1) is 21.8. The Hall–Kier alpha value is -3.41. The first-order chi connectivity index (χ1) is 15.5. The second-order valence-electron chi connectivity index (χ2n) is 7.06. The van der Waals surface area contributed by atoms with E-state index in [0.29, 0.717) is 44.9 Å². The second-order valence-corrected chi connectivity index (χ2v) is 7.93. The molecule has 0 radical (unpaired) electrons. The fourth-order valence-corrected chi connectivity index (χ4v) is 3.46. The van der Waals surface area contributed by atoms with Gasteiger partial charge in [-0.1, -0.05) is 53.5 Å². The molecule has 0 bridgehead atoms. The topological polar surface area (TPSA) is 72.2 Å². The van der Waals surface area contributed by atoms with Crippen molar-refractivity contribution < 1.29 is 14.0 Å². The lowest BCUT2D eigenvalue weighted by atomic mass is 10.0. The van der Waals surface area contributed by atoms with Crippen molar-refractivity contribution in [3.8, 4) is 11.3 Å². The van der Waals surface area contributed by atoms with Gasteiger partial charge in [-0.3, -0.25) is 9.59 Å². The number of ketones is 1. The van der Waals surface area contributed by atoms with Crippen LogP contribution >= 0.6 is 23.2 Å². The summed E-state index contributed by atoms with van der Waals surface area (Å²) in [5.74, 6) is 0.566. The average Bonchev–Trinajstić information content (AvgIpc) is 3.28. The number of carbonyl (C=O) groups excluding carboxylic acids is 2. The molecule has 4 aromatic rings. The number of carbonyl (C=O) groups is 2. The Bertz CT molecular complexity index is 1250. The number of nitrogens with zero attached hydrogens (tertiary/aromatic N) is 1. The molecule has 0 saturated heterocycles. The number of benzene rings is 3. The number of anilines is 1. The van der Waals surface area contributed by atoms with Crippen molar-refractivity contribution in [3.63, 3.8) is 0 Å². The summed E-state index contributed by atoms with van der Waals surface area (Å²) >= 11 is 12.0. The summed E-state index contributed by atoms with van der Waals surface area (Å²) < 4.78 is 5.74. The lowest BCUT2D eigenvalue weighted by Gasteiger charge is -2.11. The van der Waals surface area contributed by atoms with Gasteiger partial charge in [0, 0.05) is 39.6 Å². The predicted molar refractivity (Wildman–Crippen MR) is 125 cm³/mol. The van der Waals surface area contributed by atoms with E-state index in [1.807, 2.05) is 18.2 Å². The largest absolute Gasteiger partial charge is 0.441 e. The standard InChI is InChI=1S/C25H18Cl2N2O3/c26-18-8-6-16(7-9-18)22-15-28-24(32-22)13-12-23(30)29-21-11-10-19(27)14-20(21)25(31)17-4-2-1-3-5-17/h1-11,14-15H,12-13H2,(H,29,30). The molecule has 4 rings (SSSR count). The molecule has 1 heterocycles. The highest BCUT2D eigenvalue weighted by atomic mass is 35.5. The van der Waals surface area contributed by atoms with E-state index in [9.17, 15) is 9.59 Å². The van der Waals surface area contributed by atoms with Crippen molar-refractivity contribution in [2.24, 2.45) is 0 Å². The molecule has 160 valence electrons. The summed E-state index contributed by atoms with van der Waals surface area (Å²) in [5, 5.41) is 3.85. The number of nitrogens with one attached hydrogen (secondary N) is 1. The minimum absolute atomic E-state index is 0.141. The molecule has 7 heteroatoms. The highest BCUT2D eigenvalue weighted by molar-refractivity contribution is 6.31. The smallest absolute Gasteiger partial charge is 0.224 e. The van der Waals surface area contributed by atoms with Crippen LogP contribution in [0.15, 0.2) is 83.4 Å². The van der Waals surface area contributed by atoms with Gasteiger partial charge in [-0.2, -0.15) is 0 Å². The third-order valence-corrected chi connectivity index (χ3v) is 5.27. The SMILES string of the molecule is O=C(CCc1ncc(-c2ccc(Cl)cc2)o1)Nc1ccc(Cl)cc1C(=O)c1ccccc1. The van der Waals surface area contributed by atoms with Gasteiger partial charge in [-0.05, 0) is 42.5 Å². The molecule has 0 aliphatic rings. The quantitative estimate of drug-likeness (QED) is 0.319. The monoisotopic (exact) mass is 464 g/mol. The van der Waals surface area contributed by atoms with Gasteiger partial charge >= 0.3 is 0 Å². The maximum Gasteiger partial charge on any atom is 0.224 e. The molecule has 32 heavy (non-hydrogen) atoms. The van der Waals surface area contributed by atoms with Crippen molar-refractivity contribution in [1.29, 1.82) is 0 Å². The molecule has 1 amide bonds. The highest BCUT2D eigenvalue weighted by Crippen LogP contribution is 2.25. The van der Waals surface area contributed by atoms with E-state index in [0.717, 1.165) is 5.56 Å². The summed E-state index contributed by atoms with van der Waals surface area (Å²) in [5.41, 5.74) is 2.10. The highest BCUT2D eigenvalue weighted by Gasteiger charge is 2.16. The van der Waals surface area contributed by atoms with E-state index in [1.165, 1.54) is 0 Å². The number of aromatic nitrogens is 1. The van der Waals surface area contributed by atoms with Crippen LogP contribution in [-0.2, 0) is 11.2 Å². The second kappa shape index (κ2) is 9.81. The van der Waals surface area contributed by atoms with Crippen LogP contribution in [0.2, 0.25) is 10.0 Å². The van der Waals surface area contributed by atoms with Gasteiger partial charge in [0.25, 0.3) is 0 Å². The molecular weight excluding hydrogens is 447 g/mol. The number of aryl methyl sites for hydroxylation is 1. The maximum absolute atomic E-state index is 12.9. The van der Waals surface area contributed by atoms with Crippen molar-refractivity contribution in [1.82, 2.24) is 4.98 Å². The number of amides is 1. The van der Waals surface area contributed by atoms with E-state index in [1.54, 1.807) is 60.8 Å². The van der Waals surface area contributed by atoms with Crippen LogP contribution in [-0.4, -0.2) is 16.7 Å². The zero-order valence-corrected chi connectivity index (χ0v) is 18.4. The Kier molecular flexibility index (Phi) is 6.69. The number of hydrogen-bond acceptors (Lipinski definition) is 4. The molecule has 0 saturated carbocycles. The van der Waals surface area contributed by atoms with E-state index >= 15 is 0 Å². The first-order valence-corrected chi connectivity index (χ1v) is 10.6. The van der Waals surface area contributed by atoms with Crippen molar-refractivity contribution in [2.75, 3.05) is 5.32 Å². The Morgan fingerprint density at radius 2 is 1.62 bits per heavy atom. The van der Waals surface area contributed by atoms with Crippen LogP contribution in [0.5, 0.6) is 0 Å². The van der Waals surface area contributed by atoms with Gasteiger partial charge in [0.1, 0.15) is 0 Å². The maximum atomic E-state index is 12.9. The lowest BCUT2D eigenvalue weighted by Crippen LogP contribution is -2.15. The molecule has 1 N–H and O–H groups in total. The van der Waals surface area contributed by atoms with E-state index < -0.39 is 0 Å². The molecule has 1 aromatic heterocycles. The van der Waals surface area contributed by atoms with Gasteiger partial charge in [0.05, 0.1) is 11.9 Å². The van der Waals surface area contributed by atoms with Crippen LogP contribution in [0.3, 0.4) is 0 Å².